The lowest BCUT2D eigenvalue weighted by atomic mass is 10.2. The maximum Gasteiger partial charge on any atom is 0.294 e. The molecular weight excluding hydrogens is 522 g/mol. The first-order valence-corrected chi connectivity index (χ1v) is 12.5. The van der Waals surface area contributed by atoms with Gasteiger partial charge in [-0.1, -0.05) is 53.2 Å². The number of nitrogens with zero attached hydrogens (tertiary/aromatic N) is 2. The van der Waals surface area contributed by atoms with Crippen LogP contribution in [-0.2, 0) is 9.59 Å². The third-order valence-corrected chi connectivity index (χ3v) is 7.23. The molecule has 0 radical (unpaired) electrons. The molecule has 0 bridgehead atoms. The van der Waals surface area contributed by atoms with Gasteiger partial charge in [0.15, 0.2) is 0 Å². The first-order chi connectivity index (χ1) is 17.2. The van der Waals surface area contributed by atoms with E-state index in [1.54, 1.807) is 36.4 Å². The van der Waals surface area contributed by atoms with Crippen LogP contribution >= 0.6 is 35.1 Å². The van der Waals surface area contributed by atoms with Crippen molar-refractivity contribution in [3.05, 3.63) is 97.9 Å². The van der Waals surface area contributed by atoms with Crippen LogP contribution in [0.25, 0.3) is 6.08 Å². The second-order valence-corrected chi connectivity index (χ2v) is 10.3. The molecule has 11 heteroatoms. The van der Waals surface area contributed by atoms with Gasteiger partial charge in [0, 0.05) is 21.7 Å². The summed E-state index contributed by atoms with van der Waals surface area (Å²) in [5.41, 5.74) is 1.80. The highest BCUT2D eigenvalue weighted by molar-refractivity contribution is 8.18. The number of halogens is 1. The molecule has 8 nitrogen and oxygen atoms in total. The zero-order valence-corrected chi connectivity index (χ0v) is 21.2. The summed E-state index contributed by atoms with van der Waals surface area (Å²) in [6.45, 7) is 1.49. The molecule has 0 atom stereocenters. The summed E-state index contributed by atoms with van der Waals surface area (Å²) < 4.78 is 0. The van der Waals surface area contributed by atoms with Crippen molar-refractivity contribution in [2.45, 2.75) is 16.7 Å². The van der Waals surface area contributed by atoms with E-state index in [9.17, 15) is 24.5 Å². The van der Waals surface area contributed by atoms with Gasteiger partial charge in [0.1, 0.15) is 6.54 Å². The van der Waals surface area contributed by atoms with Gasteiger partial charge in [-0.3, -0.25) is 29.4 Å². The molecule has 182 valence electrons. The van der Waals surface area contributed by atoms with Crippen molar-refractivity contribution in [3.63, 3.8) is 0 Å². The Bertz CT molecular complexity index is 1410. The minimum Gasteiger partial charge on any atom is -0.324 e. The van der Waals surface area contributed by atoms with Gasteiger partial charge in [-0.2, -0.15) is 0 Å². The lowest BCUT2D eigenvalue weighted by Gasteiger charge is -2.12. The van der Waals surface area contributed by atoms with Gasteiger partial charge < -0.3 is 5.32 Å². The summed E-state index contributed by atoms with van der Waals surface area (Å²) in [7, 11) is 0. The van der Waals surface area contributed by atoms with Crippen LogP contribution in [-0.4, -0.2) is 33.4 Å². The van der Waals surface area contributed by atoms with Crippen LogP contribution in [0.5, 0.6) is 0 Å². The molecular formula is C25H18ClN3O5S2. The van der Waals surface area contributed by atoms with E-state index < -0.39 is 28.5 Å². The van der Waals surface area contributed by atoms with E-state index in [1.165, 1.54) is 23.9 Å². The van der Waals surface area contributed by atoms with E-state index in [1.807, 2.05) is 31.2 Å². The average molecular weight is 540 g/mol. The molecule has 36 heavy (non-hydrogen) atoms. The van der Waals surface area contributed by atoms with Crippen molar-refractivity contribution in [1.82, 2.24) is 4.90 Å². The van der Waals surface area contributed by atoms with E-state index in [2.05, 4.69) is 5.32 Å². The first-order valence-electron chi connectivity index (χ1n) is 10.5. The molecule has 0 saturated carbocycles. The zero-order chi connectivity index (χ0) is 25.8. The Hall–Kier alpha value is -3.60. The fraction of sp³-hybridized carbons (Fsp3) is 0.0800. The fourth-order valence-electron chi connectivity index (χ4n) is 3.28. The number of benzene rings is 3. The average Bonchev–Trinajstić information content (AvgIpc) is 3.08. The number of aryl methyl sites for hydroxylation is 1. The number of carbonyl (C=O) groups excluding carboxylic acids is 3. The molecule has 1 aliphatic rings. The number of amides is 3. The predicted octanol–water partition coefficient (Wildman–Crippen LogP) is 6.38. The van der Waals surface area contributed by atoms with Crippen LogP contribution in [0.1, 0.15) is 11.1 Å². The maximum atomic E-state index is 12.8. The van der Waals surface area contributed by atoms with Gasteiger partial charge in [0.05, 0.1) is 14.7 Å². The third-order valence-electron chi connectivity index (χ3n) is 5.01. The minimum absolute atomic E-state index is 0.0730. The summed E-state index contributed by atoms with van der Waals surface area (Å²) in [6.07, 6.45) is 1.41. The highest BCUT2D eigenvalue weighted by Gasteiger charge is 2.36. The molecule has 1 fully saturated rings. The van der Waals surface area contributed by atoms with Crippen molar-refractivity contribution >= 4 is 69.6 Å². The molecule has 1 saturated heterocycles. The lowest BCUT2D eigenvalue weighted by Crippen LogP contribution is -2.36. The molecule has 0 aliphatic carbocycles. The van der Waals surface area contributed by atoms with E-state index in [0.717, 1.165) is 15.4 Å². The standard InChI is InChI=1S/C25H18ClN3O5S2/c1-15-5-8-19(9-6-15)35-21-10-7-16(11-20(21)29(33)34)12-22-24(31)28(25(32)36-22)14-23(30)27-18-4-2-3-17(26)13-18/h2-13H,14H2,1H3,(H,27,30)/b22-12-. The highest BCUT2D eigenvalue weighted by Crippen LogP contribution is 2.37. The van der Waals surface area contributed by atoms with Crippen LogP contribution in [0.15, 0.2) is 81.4 Å². The molecule has 1 heterocycles. The van der Waals surface area contributed by atoms with E-state index in [-0.39, 0.29) is 10.6 Å². The summed E-state index contributed by atoms with van der Waals surface area (Å²) in [5.74, 6) is -1.21. The van der Waals surface area contributed by atoms with Crippen LogP contribution in [0.4, 0.5) is 16.2 Å². The second-order valence-electron chi connectivity index (χ2n) is 7.73. The van der Waals surface area contributed by atoms with E-state index in [4.69, 9.17) is 11.6 Å². The summed E-state index contributed by atoms with van der Waals surface area (Å²) >= 11 is 7.84. The van der Waals surface area contributed by atoms with E-state index >= 15 is 0 Å². The predicted molar refractivity (Wildman–Crippen MR) is 141 cm³/mol. The summed E-state index contributed by atoms with van der Waals surface area (Å²) in [6, 6.07) is 18.7. The number of imide groups is 1. The van der Waals surface area contributed by atoms with Crippen LogP contribution in [0, 0.1) is 17.0 Å². The second kappa shape index (κ2) is 11.0. The van der Waals surface area contributed by atoms with E-state index in [0.29, 0.717) is 32.9 Å². The van der Waals surface area contributed by atoms with Gasteiger partial charge in [-0.15, -0.1) is 0 Å². The van der Waals surface area contributed by atoms with Crippen LogP contribution < -0.4 is 5.32 Å². The largest absolute Gasteiger partial charge is 0.324 e. The van der Waals surface area contributed by atoms with Gasteiger partial charge in [0.25, 0.3) is 16.8 Å². The molecule has 3 amide bonds. The highest BCUT2D eigenvalue weighted by atomic mass is 35.5. The molecule has 0 spiro atoms. The van der Waals surface area contributed by atoms with Gasteiger partial charge >= 0.3 is 0 Å². The SMILES string of the molecule is Cc1ccc(Sc2ccc(/C=C3\SC(=O)N(CC(=O)Nc4cccc(Cl)c4)C3=O)cc2[N+](=O)[O-])cc1. The number of nitro benzene ring substituents is 1. The van der Waals surface area contributed by atoms with Crippen molar-refractivity contribution in [3.8, 4) is 0 Å². The normalized spacial score (nSPS) is 14.4. The number of rotatable bonds is 7. The monoisotopic (exact) mass is 539 g/mol. The molecule has 1 aliphatic heterocycles. The van der Waals surface area contributed by atoms with Gasteiger partial charge in [0.2, 0.25) is 5.91 Å². The Kier molecular flexibility index (Phi) is 7.78. The Morgan fingerprint density at radius 2 is 1.89 bits per heavy atom. The smallest absolute Gasteiger partial charge is 0.294 e. The Morgan fingerprint density at radius 3 is 2.58 bits per heavy atom. The molecule has 1 N–H and O–H groups in total. The molecule has 3 aromatic carbocycles. The van der Waals surface area contributed by atoms with Crippen molar-refractivity contribution in [2.24, 2.45) is 0 Å². The molecule has 0 unspecified atom stereocenters. The third kappa shape index (κ3) is 6.14. The van der Waals surface area contributed by atoms with Crippen molar-refractivity contribution in [1.29, 1.82) is 0 Å². The quantitative estimate of drug-likeness (QED) is 0.210. The number of hydrogen-bond acceptors (Lipinski definition) is 7. The maximum absolute atomic E-state index is 12.8. The fourth-order valence-corrected chi connectivity index (χ4v) is 5.21. The number of nitrogens with one attached hydrogen (secondary N) is 1. The molecule has 0 aromatic heterocycles. The molecule has 3 aromatic rings. The number of hydrogen-bond donors (Lipinski definition) is 1. The first kappa shape index (κ1) is 25.5. The summed E-state index contributed by atoms with van der Waals surface area (Å²) in [4.78, 5) is 51.0. The Labute approximate surface area is 219 Å². The molecule has 4 rings (SSSR count). The number of carbonyl (C=O) groups is 3. The minimum atomic E-state index is -0.646. The number of nitro groups is 1. The van der Waals surface area contributed by atoms with Gasteiger partial charge in [-0.05, 0) is 66.7 Å². The van der Waals surface area contributed by atoms with Crippen molar-refractivity contribution in [2.75, 3.05) is 11.9 Å². The topological polar surface area (TPSA) is 110 Å². The van der Waals surface area contributed by atoms with Gasteiger partial charge in [-0.25, -0.2) is 0 Å². The lowest BCUT2D eigenvalue weighted by molar-refractivity contribution is -0.387. The zero-order valence-electron chi connectivity index (χ0n) is 18.8. The Balaban J connectivity index is 1.49. The van der Waals surface area contributed by atoms with Crippen LogP contribution in [0.2, 0.25) is 5.02 Å². The Morgan fingerprint density at radius 1 is 1.14 bits per heavy atom. The number of thioether (sulfide) groups is 1. The number of anilines is 1. The van der Waals surface area contributed by atoms with Crippen molar-refractivity contribution < 1.29 is 19.3 Å². The van der Waals surface area contributed by atoms with Crippen LogP contribution in [0.3, 0.4) is 0 Å². The summed E-state index contributed by atoms with van der Waals surface area (Å²) in [5, 5.41) is 14.1.